The van der Waals surface area contributed by atoms with Crippen LogP contribution in [0.1, 0.15) is 40.2 Å². The van der Waals surface area contributed by atoms with Crippen molar-refractivity contribution in [3.63, 3.8) is 0 Å². The molecule has 0 aliphatic rings. The first-order chi connectivity index (χ1) is 12.9. The third kappa shape index (κ3) is 6.80. The number of halogens is 2. The molecule has 7 nitrogen and oxygen atoms in total. The number of benzene rings is 1. The van der Waals surface area contributed by atoms with E-state index < -0.39 is 29.2 Å². The molecule has 28 heavy (non-hydrogen) atoms. The number of alkyl carbamates (subject to hydrolysis) is 1. The maximum Gasteiger partial charge on any atom is 0.409 e. The maximum absolute atomic E-state index is 12.8. The van der Waals surface area contributed by atoms with Gasteiger partial charge in [-0.1, -0.05) is 11.6 Å². The molecule has 0 fully saturated rings. The molecule has 0 aliphatic heterocycles. The number of amides is 1. The molecule has 0 unspecified atom stereocenters. The van der Waals surface area contributed by atoms with Gasteiger partial charge >= 0.3 is 18.0 Å². The van der Waals surface area contributed by atoms with Gasteiger partial charge in [-0.3, -0.25) is 5.32 Å². The van der Waals surface area contributed by atoms with E-state index in [2.05, 4.69) is 27.9 Å². The van der Waals surface area contributed by atoms with Gasteiger partial charge in [0.15, 0.2) is 0 Å². The molecule has 1 rings (SSSR count). The number of carbonyl (C=O) groups is 3. The molecule has 1 aromatic carbocycles. The van der Waals surface area contributed by atoms with Crippen LogP contribution in [-0.4, -0.2) is 42.4 Å². The Morgan fingerprint density at radius 2 is 1.61 bits per heavy atom. The molecule has 156 valence electrons. The van der Waals surface area contributed by atoms with Crippen LogP contribution in [0.15, 0.2) is 18.2 Å². The number of ether oxygens (including phenoxy) is 3. The SMILES string of the molecule is CCOC(=O)C(Cc1cc(I)ccc1Cl)(NC(=O)OC(C)(C)C)C(=O)OCC. The fourth-order valence-corrected chi connectivity index (χ4v) is 3.06. The van der Waals surface area contributed by atoms with Crippen LogP contribution < -0.4 is 5.32 Å². The lowest BCUT2D eigenvalue weighted by Gasteiger charge is -2.31. The van der Waals surface area contributed by atoms with Gasteiger partial charge in [0.1, 0.15) is 5.60 Å². The molecule has 0 aromatic heterocycles. The van der Waals surface area contributed by atoms with Crippen LogP contribution >= 0.6 is 34.2 Å². The summed E-state index contributed by atoms with van der Waals surface area (Å²) in [5.74, 6) is -1.90. The van der Waals surface area contributed by atoms with Gasteiger partial charge in [0.2, 0.25) is 5.54 Å². The zero-order valence-corrected chi connectivity index (χ0v) is 19.5. The Morgan fingerprint density at radius 1 is 1.07 bits per heavy atom. The van der Waals surface area contributed by atoms with Crippen molar-refractivity contribution in [1.82, 2.24) is 5.32 Å². The van der Waals surface area contributed by atoms with Gasteiger partial charge in [0.25, 0.3) is 0 Å². The van der Waals surface area contributed by atoms with E-state index in [-0.39, 0.29) is 19.6 Å². The summed E-state index contributed by atoms with van der Waals surface area (Å²) < 4.78 is 16.3. The molecule has 1 aromatic rings. The summed E-state index contributed by atoms with van der Waals surface area (Å²) in [6.45, 7) is 8.21. The van der Waals surface area contributed by atoms with Gasteiger partial charge in [-0.2, -0.15) is 0 Å². The minimum atomic E-state index is -2.14. The van der Waals surface area contributed by atoms with Crippen molar-refractivity contribution in [3.8, 4) is 0 Å². The molecule has 1 amide bonds. The van der Waals surface area contributed by atoms with Crippen LogP contribution in [0.4, 0.5) is 4.79 Å². The first-order valence-corrected chi connectivity index (χ1v) is 10.2. The van der Waals surface area contributed by atoms with Crippen LogP contribution in [0.2, 0.25) is 5.02 Å². The summed E-state index contributed by atoms with van der Waals surface area (Å²) in [4.78, 5) is 38.1. The number of esters is 2. The van der Waals surface area contributed by atoms with E-state index in [9.17, 15) is 14.4 Å². The molecular formula is C19H25ClINO6. The highest BCUT2D eigenvalue weighted by Gasteiger charge is 2.51. The predicted molar refractivity (Wildman–Crippen MR) is 113 cm³/mol. The van der Waals surface area contributed by atoms with Crippen molar-refractivity contribution in [1.29, 1.82) is 0 Å². The largest absolute Gasteiger partial charge is 0.464 e. The Morgan fingerprint density at radius 3 is 2.07 bits per heavy atom. The molecule has 0 bridgehead atoms. The van der Waals surface area contributed by atoms with Crippen molar-refractivity contribution in [3.05, 3.63) is 32.4 Å². The molecule has 0 aliphatic carbocycles. The van der Waals surface area contributed by atoms with E-state index in [1.807, 2.05) is 0 Å². The standard InChI is InChI=1S/C19H25ClINO6/c1-6-26-15(23)19(16(24)27-7-2,22-17(25)28-18(3,4)5)11-12-10-13(21)8-9-14(12)20/h8-10H,6-7,11H2,1-5H3,(H,22,25). The van der Waals surface area contributed by atoms with Crippen molar-refractivity contribution in [2.75, 3.05) is 13.2 Å². The second-order valence-electron chi connectivity index (χ2n) is 6.89. The first kappa shape index (κ1) is 24.5. The van der Waals surface area contributed by atoms with Gasteiger partial charge in [0.05, 0.1) is 13.2 Å². The summed E-state index contributed by atoms with van der Waals surface area (Å²) in [6, 6.07) is 5.14. The molecule has 0 heterocycles. The van der Waals surface area contributed by atoms with E-state index in [0.29, 0.717) is 10.6 Å². The minimum absolute atomic E-state index is 0.00996. The Labute approximate surface area is 183 Å². The second kappa shape index (κ2) is 10.3. The molecule has 0 saturated heterocycles. The lowest BCUT2D eigenvalue weighted by atomic mass is 9.90. The van der Waals surface area contributed by atoms with E-state index in [1.165, 1.54) is 0 Å². The fraction of sp³-hybridized carbons (Fsp3) is 0.526. The quantitative estimate of drug-likeness (QED) is 0.251. The highest BCUT2D eigenvalue weighted by Crippen LogP contribution is 2.26. The summed E-state index contributed by atoms with van der Waals surface area (Å²) in [5, 5.41) is 2.72. The molecule has 0 atom stereocenters. The zero-order chi connectivity index (χ0) is 21.5. The average Bonchev–Trinajstić information content (AvgIpc) is 2.56. The Balaban J connectivity index is 3.45. The minimum Gasteiger partial charge on any atom is -0.464 e. The summed E-state index contributed by atoms with van der Waals surface area (Å²) in [7, 11) is 0. The highest BCUT2D eigenvalue weighted by atomic mass is 127. The van der Waals surface area contributed by atoms with Crippen LogP contribution in [0, 0.1) is 3.57 Å². The molecule has 0 spiro atoms. The van der Waals surface area contributed by atoms with Crippen molar-refractivity contribution < 1.29 is 28.6 Å². The van der Waals surface area contributed by atoms with E-state index >= 15 is 0 Å². The van der Waals surface area contributed by atoms with Gasteiger partial charge < -0.3 is 14.2 Å². The van der Waals surface area contributed by atoms with Crippen molar-refractivity contribution >= 4 is 52.2 Å². The lowest BCUT2D eigenvalue weighted by molar-refractivity contribution is -0.166. The Kier molecular flexibility index (Phi) is 9.00. The van der Waals surface area contributed by atoms with Crippen molar-refractivity contribution in [2.45, 2.75) is 52.2 Å². The van der Waals surface area contributed by atoms with Crippen LogP contribution in [0.5, 0.6) is 0 Å². The van der Waals surface area contributed by atoms with E-state index in [0.717, 1.165) is 3.57 Å². The molecule has 0 radical (unpaired) electrons. The summed E-state index contributed by atoms with van der Waals surface area (Å²) in [6.07, 6.45) is -1.20. The monoisotopic (exact) mass is 525 g/mol. The van der Waals surface area contributed by atoms with Gasteiger partial charge in [-0.05, 0) is 81.0 Å². The normalized spacial score (nSPS) is 11.5. The van der Waals surface area contributed by atoms with E-state index in [1.54, 1.807) is 52.8 Å². The smallest absolute Gasteiger partial charge is 0.409 e. The molecule has 1 N–H and O–H groups in total. The van der Waals surface area contributed by atoms with Crippen LogP contribution in [0.3, 0.4) is 0 Å². The number of rotatable bonds is 7. The van der Waals surface area contributed by atoms with Gasteiger partial charge in [-0.25, -0.2) is 14.4 Å². The molecule has 0 saturated carbocycles. The molecule has 9 heteroatoms. The number of hydrogen-bond acceptors (Lipinski definition) is 6. The Hall–Kier alpha value is -1.55. The number of hydrogen-bond donors (Lipinski definition) is 1. The third-order valence-corrected chi connectivity index (χ3v) is 4.47. The first-order valence-electron chi connectivity index (χ1n) is 8.74. The average molecular weight is 526 g/mol. The van der Waals surface area contributed by atoms with Crippen molar-refractivity contribution in [2.24, 2.45) is 0 Å². The van der Waals surface area contributed by atoms with E-state index in [4.69, 9.17) is 25.8 Å². The zero-order valence-electron chi connectivity index (χ0n) is 16.6. The summed E-state index contributed by atoms with van der Waals surface area (Å²) in [5.41, 5.74) is -2.49. The second-order valence-corrected chi connectivity index (χ2v) is 8.54. The summed E-state index contributed by atoms with van der Waals surface area (Å²) >= 11 is 8.34. The van der Waals surface area contributed by atoms with Crippen LogP contribution in [0.25, 0.3) is 0 Å². The van der Waals surface area contributed by atoms with Crippen LogP contribution in [-0.2, 0) is 30.2 Å². The topological polar surface area (TPSA) is 90.9 Å². The predicted octanol–water partition coefficient (Wildman–Crippen LogP) is 3.88. The fourth-order valence-electron chi connectivity index (χ4n) is 2.32. The molecular weight excluding hydrogens is 501 g/mol. The Bertz CT molecular complexity index is 714. The van der Waals surface area contributed by atoms with Gasteiger partial charge in [0, 0.05) is 15.0 Å². The van der Waals surface area contributed by atoms with Gasteiger partial charge in [-0.15, -0.1) is 0 Å². The maximum atomic E-state index is 12.8. The number of carbonyl (C=O) groups excluding carboxylic acids is 3. The highest BCUT2D eigenvalue weighted by molar-refractivity contribution is 14.1. The third-order valence-electron chi connectivity index (χ3n) is 3.43. The number of nitrogens with one attached hydrogen (secondary N) is 1. The lowest BCUT2D eigenvalue weighted by Crippen LogP contribution is -2.63.